The number of primary amides is 1. The maximum absolute atomic E-state index is 11.3. The molecule has 1 aromatic rings. The summed E-state index contributed by atoms with van der Waals surface area (Å²) in [6.45, 7) is 3.59. The Morgan fingerprint density at radius 1 is 1.40 bits per heavy atom. The molecule has 0 aliphatic heterocycles. The van der Waals surface area contributed by atoms with Gasteiger partial charge in [0, 0.05) is 12.7 Å². The van der Waals surface area contributed by atoms with Crippen LogP contribution in [0.2, 0.25) is 0 Å². The monoisotopic (exact) mass is 279 g/mol. The first kappa shape index (κ1) is 16.1. The summed E-state index contributed by atoms with van der Waals surface area (Å²) in [5.74, 6) is 4.30. The van der Waals surface area contributed by atoms with E-state index >= 15 is 0 Å². The first-order valence-corrected chi connectivity index (χ1v) is 6.53. The maximum Gasteiger partial charge on any atom is 0.266 e. The number of nitrogens with zero attached hydrogens (tertiary/aromatic N) is 2. The molecule has 0 saturated carbocycles. The summed E-state index contributed by atoms with van der Waals surface area (Å²) in [6.07, 6.45) is 3.49. The Labute approximate surface area is 118 Å². The van der Waals surface area contributed by atoms with Crippen LogP contribution < -0.4 is 17.0 Å². The SMILES string of the molecule is CCCCN(CC(N)=O)Cc1ccc(C(=O)NN)cn1. The largest absolute Gasteiger partial charge is 0.369 e. The van der Waals surface area contributed by atoms with Crippen molar-refractivity contribution in [3.63, 3.8) is 0 Å². The molecule has 1 heterocycles. The summed E-state index contributed by atoms with van der Waals surface area (Å²) >= 11 is 0. The normalized spacial score (nSPS) is 10.6. The Morgan fingerprint density at radius 3 is 2.65 bits per heavy atom. The van der Waals surface area contributed by atoms with Gasteiger partial charge in [0.1, 0.15) is 0 Å². The number of carbonyl (C=O) groups excluding carboxylic acids is 2. The first-order chi connectivity index (χ1) is 9.56. The summed E-state index contributed by atoms with van der Waals surface area (Å²) in [4.78, 5) is 28.5. The van der Waals surface area contributed by atoms with E-state index in [1.165, 1.54) is 6.20 Å². The van der Waals surface area contributed by atoms with Gasteiger partial charge in [-0.1, -0.05) is 13.3 Å². The second-order valence-corrected chi connectivity index (χ2v) is 4.54. The van der Waals surface area contributed by atoms with Gasteiger partial charge in [-0.05, 0) is 25.1 Å². The van der Waals surface area contributed by atoms with E-state index in [4.69, 9.17) is 11.6 Å². The van der Waals surface area contributed by atoms with Crippen LogP contribution in [0.1, 0.15) is 35.8 Å². The Balaban J connectivity index is 2.67. The number of nitrogen functional groups attached to an aromatic ring is 1. The van der Waals surface area contributed by atoms with Crippen LogP contribution in [-0.2, 0) is 11.3 Å². The molecule has 0 aliphatic rings. The molecule has 0 unspecified atom stereocenters. The molecule has 7 heteroatoms. The van der Waals surface area contributed by atoms with E-state index in [0.717, 1.165) is 25.1 Å². The second kappa shape index (κ2) is 8.23. The number of pyridine rings is 1. The summed E-state index contributed by atoms with van der Waals surface area (Å²) in [5, 5.41) is 0. The van der Waals surface area contributed by atoms with Gasteiger partial charge < -0.3 is 5.73 Å². The third-order valence-corrected chi connectivity index (χ3v) is 2.81. The molecule has 0 radical (unpaired) electrons. The summed E-state index contributed by atoms with van der Waals surface area (Å²) in [7, 11) is 0. The van der Waals surface area contributed by atoms with Crippen molar-refractivity contribution in [2.24, 2.45) is 11.6 Å². The quantitative estimate of drug-likeness (QED) is 0.345. The van der Waals surface area contributed by atoms with Crippen LogP contribution in [0.3, 0.4) is 0 Å². The molecule has 0 spiro atoms. The van der Waals surface area contributed by atoms with Crippen molar-refractivity contribution in [3.8, 4) is 0 Å². The minimum atomic E-state index is -0.385. The van der Waals surface area contributed by atoms with E-state index in [2.05, 4.69) is 11.9 Å². The lowest BCUT2D eigenvalue weighted by Crippen LogP contribution is -2.34. The first-order valence-electron chi connectivity index (χ1n) is 6.53. The van der Waals surface area contributed by atoms with Gasteiger partial charge in [0.25, 0.3) is 5.91 Å². The van der Waals surface area contributed by atoms with Crippen molar-refractivity contribution in [2.75, 3.05) is 13.1 Å². The Kier molecular flexibility index (Phi) is 6.61. The lowest BCUT2D eigenvalue weighted by molar-refractivity contribution is -0.119. The van der Waals surface area contributed by atoms with E-state index in [0.29, 0.717) is 12.1 Å². The highest BCUT2D eigenvalue weighted by atomic mass is 16.2. The minimum Gasteiger partial charge on any atom is -0.369 e. The van der Waals surface area contributed by atoms with Crippen LogP contribution in [0, 0.1) is 0 Å². The zero-order valence-corrected chi connectivity index (χ0v) is 11.6. The minimum absolute atomic E-state index is 0.201. The number of unbranched alkanes of at least 4 members (excludes halogenated alkanes) is 1. The fourth-order valence-electron chi connectivity index (χ4n) is 1.78. The highest BCUT2D eigenvalue weighted by Gasteiger charge is 2.10. The molecule has 1 aromatic heterocycles. The Bertz CT molecular complexity index is 447. The number of aromatic nitrogens is 1. The van der Waals surface area contributed by atoms with E-state index in [1.807, 2.05) is 10.3 Å². The zero-order valence-electron chi connectivity index (χ0n) is 11.6. The van der Waals surface area contributed by atoms with E-state index in [9.17, 15) is 9.59 Å². The van der Waals surface area contributed by atoms with Gasteiger partial charge in [0.15, 0.2) is 0 Å². The van der Waals surface area contributed by atoms with E-state index < -0.39 is 0 Å². The maximum atomic E-state index is 11.3. The van der Waals surface area contributed by atoms with Gasteiger partial charge in [-0.3, -0.25) is 24.9 Å². The van der Waals surface area contributed by atoms with Crippen molar-refractivity contribution in [1.82, 2.24) is 15.3 Å². The van der Waals surface area contributed by atoms with Crippen LogP contribution >= 0.6 is 0 Å². The van der Waals surface area contributed by atoms with Crippen LogP contribution in [0.15, 0.2) is 18.3 Å². The molecular formula is C13H21N5O2. The van der Waals surface area contributed by atoms with Gasteiger partial charge >= 0.3 is 0 Å². The average molecular weight is 279 g/mol. The highest BCUT2D eigenvalue weighted by Crippen LogP contribution is 2.05. The van der Waals surface area contributed by atoms with Crippen molar-refractivity contribution in [3.05, 3.63) is 29.6 Å². The summed E-state index contributed by atoms with van der Waals surface area (Å²) in [6, 6.07) is 3.39. The molecule has 0 bridgehead atoms. The van der Waals surface area contributed by atoms with Gasteiger partial charge in [-0.25, -0.2) is 5.84 Å². The van der Waals surface area contributed by atoms with Crippen LogP contribution in [0.25, 0.3) is 0 Å². The van der Waals surface area contributed by atoms with Crippen molar-refractivity contribution < 1.29 is 9.59 Å². The number of hydrogen-bond acceptors (Lipinski definition) is 5. The van der Waals surface area contributed by atoms with Gasteiger partial charge in [0.2, 0.25) is 5.91 Å². The predicted octanol–water partition coefficient (Wildman–Crippen LogP) is -0.227. The molecule has 1 rings (SSSR count). The zero-order chi connectivity index (χ0) is 15.0. The lowest BCUT2D eigenvalue weighted by atomic mass is 10.2. The molecule has 0 atom stereocenters. The summed E-state index contributed by atoms with van der Waals surface area (Å²) in [5.41, 5.74) is 8.45. The predicted molar refractivity (Wildman–Crippen MR) is 75.3 cm³/mol. The van der Waals surface area contributed by atoms with Gasteiger partial charge in [-0.15, -0.1) is 0 Å². The summed E-state index contributed by atoms with van der Waals surface area (Å²) < 4.78 is 0. The van der Waals surface area contributed by atoms with Gasteiger partial charge in [-0.2, -0.15) is 0 Å². The number of amides is 2. The van der Waals surface area contributed by atoms with Crippen LogP contribution in [0.5, 0.6) is 0 Å². The van der Waals surface area contributed by atoms with Crippen molar-refractivity contribution >= 4 is 11.8 Å². The number of nitrogens with two attached hydrogens (primary N) is 2. The third-order valence-electron chi connectivity index (χ3n) is 2.81. The van der Waals surface area contributed by atoms with E-state index in [-0.39, 0.29) is 18.4 Å². The molecular weight excluding hydrogens is 258 g/mol. The standard InChI is InChI=1S/C13H21N5O2/c1-2-3-6-18(9-12(14)19)8-11-5-4-10(7-16-11)13(20)17-15/h4-5,7H,2-3,6,8-9,15H2,1H3,(H2,14,19)(H,17,20). The fourth-order valence-corrected chi connectivity index (χ4v) is 1.78. The molecule has 7 nitrogen and oxygen atoms in total. The number of carbonyl (C=O) groups is 2. The van der Waals surface area contributed by atoms with Crippen molar-refractivity contribution in [1.29, 1.82) is 0 Å². The van der Waals surface area contributed by atoms with Crippen LogP contribution in [-0.4, -0.2) is 34.8 Å². The highest BCUT2D eigenvalue weighted by molar-refractivity contribution is 5.93. The number of hydrazine groups is 1. The number of rotatable bonds is 8. The molecule has 110 valence electrons. The molecule has 2 amide bonds. The molecule has 0 aliphatic carbocycles. The molecule has 0 saturated heterocycles. The number of nitrogens with one attached hydrogen (secondary N) is 1. The molecule has 0 aromatic carbocycles. The Morgan fingerprint density at radius 2 is 2.15 bits per heavy atom. The molecule has 5 N–H and O–H groups in total. The molecule has 0 fully saturated rings. The van der Waals surface area contributed by atoms with Crippen molar-refractivity contribution in [2.45, 2.75) is 26.3 Å². The fraction of sp³-hybridized carbons (Fsp3) is 0.462. The molecule has 20 heavy (non-hydrogen) atoms. The van der Waals surface area contributed by atoms with Gasteiger partial charge in [0.05, 0.1) is 17.8 Å². The lowest BCUT2D eigenvalue weighted by Gasteiger charge is -2.19. The number of hydrogen-bond donors (Lipinski definition) is 3. The average Bonchev–Trinajstić information content (AvgIpc) is 2.44. The second-order valence-electron chi connectivity index (χ2n) is 4.54. The third kappa shape index (κ3) is 5.33. The Hall–Kier alpha value is -1.99. The van der Waals surface area contributed by atoms with Crippen LogP contribution in [0.4, 0.5) is 0 Å². The topological polar surface area (TPSA) is 114 Å². The smallest absolute Gasteiger partial charge is 0.266 e. The van der Waals surface area contributed by atoms with E-state index in [1.54, 1.807) is 12.1 Å².